The molecule has 0 radical (unpaired) electrons. The Kier molecular flexibility index (Phi) is 5.67. The maximum absolute atomic E-state index is 12.6. The number of fused-ring (bicyclic) bond motifs is 2. The van der Waals surface area contributed by atoms with E-state index in [9.17, 15) is 13.8 Å². The van der Waals surface area contributed by atoms with Crippen LogP contribution in [0.1, 0.15) is 51.0 Å². The molecule has 0 saturated carbocycles. The Balaban J connectivity index is 1.47. The van der Waals surface area contributed by atoms with Crippen LogP contribution >= 0.6 is 0 Å². The van der Waals surface area contributed by atoms with Crippen LogP contribution in [0.5, 0.6) is 0 Å². The first kappa shape index (κ1) is 19.6. The van der Waals surface area contributed by atoms with E-state index >= 15 is 0 Å². The van der Waals surface area contributed by atoms with E-state index in [1.807, 2.05) is 0 Å². The third-order valence-corrected chi connectivity index (χ3v) is 6.61. The molecule has 2 N–H and O–H groups in total. The van der Waals surface area contributed by atoms with Gasteiger partial charge in [-0.2, -0.15) is 0 Å². The Morgan fingerprint density at radius 3 is 2.34 bits per heavy atom. The summed E-state index contributed by atoms with van der Waals surface area (Å²) in [4.78, 5) is 24.5. The molecule has 1 atom stereocenters. The average molecular weight is 413 g/mol. The standard InChI is InChI=1S/C22H24N2O4S/c1-28-21(25)19-9-3-2-6-16(19)13-29(27)24-22(26)23-20-17-10-4-7-14(17)12-15-8-5-11-18(15)20/h2-3,6,9,12H,4-5,7-8,10-11,13H2,1H3,(H2,23,24,26). The third kappa shape index (κ3) is 4.05. The van der Waals surface area contributed by atoms with Gasteiger partial charge in [0.1, 0.15) is 11.0 Å². The number of anilines is 1. The zero-order valence-electron chi connectivity index (χ0n) is 16.4. The molecule has 0 heterocycles. The van der Waals surface area contributed by atoms with Crippen LogP contribution in [0, 0.1) is 0 Å². The Labute approximate surface area is 172 Å². The Hall–Kier alpha value is -2.67. The molecule has 29 heavy (non-hydrogen) atoms. The fourth-order valence-electron chi connectivity index (χ4n) is 4.34. The summed E-state index contributed by atoms with van der Waals surface area (Å²) in [5.74, 6) is -0.457. The lowest BCUT2D eigenvalue weighted by atomic mass is 9.99. The highest BCUT2D eigenvalue weighted by atomic mass is 32.2. The van der Waals surface area contributed by atoms with Crippen LogP contribution in [-0.2, 0) is 47.2 Å². The molecule has 6 nitrogen and oxygen atoms in total. The van der Waals surface area contributed by atoms with Gasteiger partial charge < -0.3 is 10.1 Å². The number of benzene rings is 2. The average Bonchev–Trinajstić information content (AvgIpc) is 3.36. The molecular formula is C22H24N2O4S. The fourth-order valence-corrected chi connectivity index (χ4v) is 5.21. The number of carbonyl (C=O) groups excluding carboxylic acids is 2. The second kappa shape index (κ2) is 8.37. The molecule has 0 spiro atoms. The van der Waals surface area contributed by atoms with Crippen molar-refractivity contribution < 1.29 is 18.5 Å². The lowest BCUT2D eigenvalue weighted by Gasteiger charge is -2.16. The van der Waals surface area contributed by atoms with Gasteiger partial charge in [-0.05, 0) is 72.4 Å². The number of hydrogen-bond acceptors (Lipinski definition) is 4. The van der Waals surface area contributed by atoms with Crippen LogP contribution in [0.25, 0.3) is 0 Å². The molecule has 2 aliphatic rings. The van der Waals surface area contributed by atoms with Crippen molar-refractivity contribution >= 4 is 28.7 Å². The van der Waals surface area contributed by atoms with Crippen LogP contribution < -0.4 is 10.0 Å². The number of rotatable bonds is 5. The number of carbonyl (C=O) groups is 2. The van der Waals surface area contributed by atoms with E-state index in [2.05, 4.69) is 16.1 Å². The van der Waals surface area contributed by atoms with Gasteiger partial charge in [0.2, 0.25) is 0 Å². The molecule has 4 rings (SSSR count). The minimum absolute atomic E-state index is 0.0314. The minimum Gasteiger partial charge on any atom is -0.465 e. The van der Waals surface area contributed by atoms with Gasteiger partial charge in [-0.1, -0.05) is 24.3 Å². The van der Waals surface area contributed by atoms with E-state index in [0.29, 0.717) is 11.1 Å². The number of hydrogen-bond donors (Lipinski definition) is 2. The first-order valence-electron chi connectivity index (χ1n) is 9.85. The van der Waals surface area contributed by atoms with E-state index < -0.39 is 23.0 Å². The van der Waals surface area contributed by atoms with Crippen molar-refractivity contribution in [1.82, 2.24) is 4.72 Å². The van der Waals surface area contributed by atoms with Crippen LogP contribution in [-0.4, -0.2) is 23.3 Å². The van der Waals surface area contributed by atoms with Crippen molar-refractivity contribution in [2.24, 2.45) is 0 Å². The zero-order valence-corrected chi connectivity index (χ0v) is 17.2. The SMILES string of the molecule is COC(=O)c1ccccc1CS(=O)NC(=O)Nc1c2c(cc3c1CCC3)CCC2. The Morgan fingerprint density at radius 1 is 1.03 bits per heavy atom. The summed E-state index contributed by atoms with van der Waals surface area (Å²) in [5, 5.41) is 2.97. The highest BCUT2D eigenvalue weighted by Crippen LogP contribution is 2.38. The molecule has 0 aromatic heterocycles. The van der Waals surface area contributed by atoms with E-state index in [1.54, 1.807) is 24.3 Å². The number of urea groups is 1. The second-order valence-electron chi connectivity index (χ2n) is 7.43. The molecule has 1 unspecified atom stereocenters. The van der Waals surface area contributed by atoms with Crippen molar-refractivity contribution in [3.8, 4) is 0 Å². The minimum atomic E-state index is -1.67. The van der Waals surface area contributed by atoms with Crippen molar-refractivity contribution in [3.63, 3.8) is 0 Å². The summed E-state index contributed by atoms with van der Waals surface area (Å²) in [6.07, 6.45) is 6.24. The monoisotopic (exact) mass is 412 g/mol. The Morgan fingerprint density at radius 2 is 1.69 bits per heavy atom. The molecular weight excluding hydrogens is 388 g/mol. The molecule has 2 aromatic rings. The van der Waals surface area contributed by atoms with E-state index in [0.717, 1.165) is 44.2 Å². The van der Waals surface area contributed by atoms with Gasteiger partial charge in [0.05, 0.1) is 18.4 Å². The number of amides is 2. The summed E-state index contributed by atoms with van der Waals surface area (Å²) in [7, 11) is -0.366. The van der Waals surface area contributed by atoms with Gasteiger partial charge >= 0.3 is 12.0 Å². The maximum atomic E-state index is 12.6. The molecule has 0 fully saturated rings. The molecule has 152 valence electrons. The number of ether oxygens (including phenoxy) is 1. The first-order chi connectivity index (χ1) is 14.1. The number of methoxy groups -OCH3 is 1. The van der Waals surface area contributed by atoms with Gasteiger partial charge in [-0.3, -0.25) is 4.72 Å². The smallest absolute Gasteiger partial charge is 0.338 e. The fraction of sp³-hybridized carbons (Fsp3) is 0.364. The molecule has 2 aliphatic carbocycles. The van der Waals surface area contributed by atoms with Gasteiger partial charge in [0.15, 0.2) is 0 Å². The third-order valence-electron chi connectivity index (χ3n) is 5.63. The van der Waals surface area contributed by atoms with Crippen LogP contribution in [0.4, 0.5) is 10.5 Å². The zero-order chi connectivity index (χ0) is 20.4. The largest absolute Gasteiger partial charge is 0.465 e. The molecule has 2 aromatic carbocycles. The quantitative estimate of drug-likeness (QED) is 0.737. The lowest BCUT2D eigenvalue weighted by molar-refractivity contribution is 0.0600. The molecule has 0 aliphatic heterocycles. The molecule has 2 amide bonds. The van der Waals surface area contributed by atoms with Crippen molar-refractivity contribution in [2.75, 3.05) is 12.4 Å². The Bertz CT molecular complexity index is 970. The van der Waals surface area contributed by atoms with Crippen LogP contribution in [0.3, 0.4) is 0 Å². The summed E-state index contributed by atoms with van der Waals surface area (Å²) >= 11 is 0. The summed E-state index contributed by atoms with van der Waals surface area (Å²) in [5.41, 5.74) is 6.94. The van der Waals surface area contributed by atoms with Crippen molar-refractivity contribution in [3.05, 3.63) is 63.7 Å². The van der Waals surface area contributed by atoms with Gasteiger partial charge in [-0.15, -0.1) is 0 Å². The second-order valence-corrected chi connectivity index (χ2v) is 8.61. The molecule has 7 heteroatoms. The summed E-state index contributed by atoms with van der Waals surface area (Å²) in [6.45, 7) is 0. The van der Waals surface area contributed by atoms with Crippen molar-refractivity contribution in [1.29, 1.82) is 0 Å². The van der Waals surface area contributed by atoms with Crippen molar-refractivity contribution in [2.45, 2.75) is 44.3 Å². The van der Waals surface area contributed by atoms with Crippen LogP contribution in [0.2, 0.25) is 0 Å². The van der Waals surface area contributed by atoms with Gasteiger partial charge in [0, 0.05) is 5.69 Å². The summed E-state index contributed by atoms with van der Waals surface area (Å²) in [6, 6.07) is 8.63. The number of nitrogens with one attached hydrogen (secondary N) is 2. The first-order valence-corrected chi connectivity index (χ1v) is 11.2. The summed E-state index contributed by atoms with van der Waals surface area (Å²) < 4.78 is 19.8. The predicted octanol–water partition coefficient (Wildman–Crippen LogP) is 3.44. The van der Waals surface area contributed by atoms with Gasteiger partial charge in [-0.25, -0.2) is 13.8 Å². The van der Waals surface area contributed by atoms with Crippen LogP contribution in [0.15, 0.2) is 30.3 Å². The molecule has 0 bridgehead atoms. The maximum Gasteiger partial charge on any atom is 0.338 e. The lowest BCUT2D eigenvalue weighted by Crippen LogP contribution is -2.32. The van der Waals surface area contributed by atoms with Gasteiger partial charge in [0.25, 0.3) is 0 Å². The molecule has 0 saturated heterocycles. The highest BCUT2D eigenvalue weighted by Gasteiger charge is 2.25. The predicted molar refractivity (Wildman–Crippen MR) is 112 cm³/mol. The topological polar surface area (TPSA) is 84.5 Å². The van der Waals surface area contributed by atoms with E-state index in [1.165, 1.54) is 29.4 Å². The number of esters is 1. The van der Waals surface area contributed by atoms with E-state index in [4.69, 9.17) is 4.74 Å². The van der Waals surface area contributed by atoms with E-state index in [-0.39, 0.29) is 5.75 Å². The highest BCUT2D eigenvalue weighted by molar-refractivity contribution is 7.82. The normalized spacial score (nSPS) is 15.3. The number of aryl methyl sites for hydroxylation is 2.